The number of nitrogens with one attached hydrogen (secondary N) is 2. The molecule has 2 aromatic rings. The predicted molar refractivity (Wildman–Crippen MR) is 65.7 cm³/mol. The van der Waals surface area contributed by atoms with Crippen LogP contribution in [0.5, 0.6) is 0 Å². The molecule has 0 bridgehead atoms. The Morgan fingerprint density at radius 3 is 2.94 bits per heavy atom. The molecule has 1 aromatic heterocycles. The lowest BCUT2D eigenvalue weighted by atomic mass is 10.2. The summed E-state index contributed by atoms with van der Waals surface area (Å²) in [6.07, 6.45) is 1.55. The van der Waals surface area contributed by atoms with E-state index in [0.717, 1.165) is 0 Å². The molecule has 0 radical (unpaired) electrons. The topological polar surface area (TPSA) is 78.1 Å². The van der Waals surface area contributed by atoms with Crippen molar-refractivity contribution in [3.05, 3.63) is 54.0 Å². The largest absolute Gasteiger partial charge is 0.467 e. The maximum atomic E-state index is 11.6. The first-order valence-electron chi connectivity index (χ1n) is 5.35. The van der Waals surface area contributed by atoms with E-state index in [-0.39, 0.29) is 6.03 Å². The van der Waals surface area contributed by atoms with Crippen LogP contribution in [0, 0.1) is 11.3 Å². The Morgan fingerprint density at radius 2 is 2.22 bits per heavy atom. The maximum absolute atomic E-state index is 11.6. The van der Waals surface area contributed by atoms with E-state index >= 15 is 0 Å². The Kier molecular flexibility index (Phi) is 3.62. The van der Waals surface area contributed by atoms with Crippen LogP contribution in [0.15, 0.2) is 47.1 Å². The van der Waals surface area contributed by atoms with Gasteiger partial charge < -0.3 is 15.1 Å². The van der Waals surface area contributed by atoms with Crippen LogP contribution in [0.25, 0.3) is 0 Å². The molecule has 0 fully saturated rings. The molecule has 2 rings (SSSR count). The first-order valence-corrected chi connectivity index (χ1v) is 5.35. The zero-order chi connectivity index (χ0) is 12.8. The fourth-order valence-electron chi connectivity index (χ4n) is 1.42. The molecule has 5 heteroatoms. The van der Waals surface area contributed by atoms with E-state index in [9.17, 15) is 4.79 Å². The highest BCUT2D eigenvalue weighted by Crippen LogP contribution is 2.09. The van der Waals surface area contributed by atoms with Crippen molar-refractivity contribution in [1.29, 1.82) is 5.26 Å². The highest BCUT2D eigenvalue weighted by atomic mass is 16.3. The smallest absolute Gasteiger partial charge is 0.319 e. The number of nitriles is 1. The molecule has 2 N–H and O–H groups in total. The number of nitrogens with zero attached hydrogens (tertiary/aromatic N) is 1. The Hall–Kier alpha value is -2.74. The molecule has 0 aliphatic rings. The molecule has 1 heterocycles. The van der Waals surface area contributed by atoms with Gasteiger partial charge in [-0.3, -0.25) is 0 Å². The van der Waals surface area contributed by atoms with Crippen molar-refractivity contribution >= 4 is 11.7 Å². The number of urea groups is 1. The first-order chi connectivity index (χ1) is 8.78. The molecule has 0 atom stereocenters. The van der Waals surface area contributed by atoms with Crippen molar-refractivity contribution in [2.24, 2.45) is 0 Å². The Balaban J connectivity index is 1.89. The quantitative estimate of drug-likeness (QED) is 0.866. The summed E-state index contributed by atoms with van der Waals surface area (Å²) in [5.74, 6) is 0.677. The zero-order valence-electron chi connectivity index (χ0n) is 9.51. The highest BCUT2D eigenvalue weighted by Gasteiger charge is 2.03. The van der Waals surface area contributed by atoms with Gasteiger partial charge in [-0.2, -0.15) is 5.26 Å². The average molecular weight is 241 g/mol. The third kappa shape index (κ3) is 3.12. The summed E-state index contributed by atoms with van der Waals surface area (Å²) < 4.78 is 5.09. The van der Waals surface area contributed by atoms with Gasteiger partial charge in [-0.15, -0.1) is 0 Å². The second-order valence-corrected chi connectivity index (χ2v) is 3.58. The summed E-state index contributed by atoms with van der Waals surface area (Å²) >= 11 is 0. The molecule has 0 spiro atoms. The molecule has 0 aliphatic carbocycles. The van der Waals surface area contributed by atoms with Gasteiger partial charge in [0, 0.05) is 5.69 Å². The van der Waals surface area contributed by atoms with Crippen LogP contribution >= 0.6 is 0 Å². The molecular weight excluding hydrogens is 230 g/mol. The average Bonchev–Trinajstić information content (AvgIpc) is 2.90. The van der Waals surface area contributed by atoms with E-state index < -0.39 is 0 Å². The molecule has 18 heavy (non-hydrogen) atoms. The summed E-state index contributed by atoms with van der Waals surface area (Å²) in [6, 6.07) is 11.9. The van der Waals surface area contributed by atoms with E-state index in [1.54, 1.807) is 42.7 Å². The Labute approximate surface area is 104 Å². The lowest BCUT2D eigenvalue weighted by Crippen LogP contribution is -2.27. The lowest BCUT2D eigenvalue weighted by Gasteiger charge is -2.06. The predicted octanol–water partition coefficient (Wildman–Crippen LogP) is 2.47. The minimum absolute atomic E-state index is 0.316. The van der Waals surface area contributed by atoms with Crippen molar-refractivity contribution in [1.82, 2.24) is 5.32 Å². The minimum atomic E-state index is -0.346. The first kappa shape index (κ1) is 11.7. The van der Waals surface area contributed by atoms with E-state index in [0.29, 0.717) is 23.6 Å². The number of hydrogen-bond donors (Lipinski definition) is 2. The molecule has 0 unspecified atom stereocenters. The molecule has 1 aromatic carbocycles. The van der Waals surface area contributed by atoms with Crippen LogP contribution < -0.4 is 10.6 Å². The number of hydrogen-bond acceptors (Lipinski definition) is 3. The van der Waals surface area contributed by atoms with Crippen molar-refractivity contribution in [3.63, 3.8) is 0 Å². The van der Waals surface area contributed by atoms with Crippen molar-refractivity contribution < 1.29 is 9.21 Å². The van der Waals surface area contributed by atoms with E-state index in [1.807, 2.05) is 6.07 Å². The molecule has 90 valence electrons. The summed E-state index contributed by atoms with van der Waals surface area (Å²) in [6.45, 7) is 0.316. The Morgan fingerprint density at radius 1 is 1.33 bits per heavy atom. The second-order valence-electron chi connectivity index (χ2n) is 3.58. The molecular formula is C13H11N3O2. The zero-order valence-corrected chi connectivity index (χ0v) is 9.51. The van der Waals surface area contributed by atoms with Gasteiger partial charge in [0.05, 0.1) is 24.4 Å². The van der Waals surface area contributed by atoms with Crippen LogP contribution in [-0.2, 0) is 6.54 Å². The fourth-order valence-corrected chi connectivity index (χ4v) is 1.42. The fraction of sp³-hybridized carbons (Fsp3) is 0.0769. The van der Waals surface area contributed by atoms with E-state index in [2.05, 4.69) is 10.6 Å². The van der Waals surface area contributed by atoms with Gasteiger partial charge in [-0.05, 0) is 30.3 Å². The van der Waals surface area contributed by atoms with Crippen molar-refractivity contribution in [2.75, 3.05) is 5.32 Å². The van der Waals surface area contributed by atoms with Gasteiger partial charge in [-0.25, -0.2) is 4.79 Å². The number of anilines is 1. The van der Waals surface area contributed by atoms with Crippen molar-refractivity contribution in [3.8, 4) is 6.07 Å². The summed E-state index contributed by atoms with van der Waals surface area (Å²) in [5.41, 5.74) is 1.07. The number of amides is 2. The van der Waals surface area contributed by atoms with Crippen LogP contribution in [0.4, 0.5) is 10.5 Å². The molecule has 0 saturated heterocycles. The summed E-state index contributed by atoms with van der Waals surface area (Å²) in [4.78, 5) is 11.6. The molecule has 0 aliphatic heterocycles. The van der Waals surface area contributed by atoms with Crippen LogP contribution in [0.3, 0.4) is 0 Å². The normalized spacial score (nSPS) is 9.50. The van der Waals surface area contributed by atoms with E-state index in [1.165, 1.54) is 0 Å². The van der Waals surface area contributed by atoms with Gasteiger partial charge in [-0.1, -0.05) is 6.07 Å². The van der Waals surface area contributed by atoms with Crippen LogP contribution in [0.2, 0.25) is 0 Å². The van der Waals surface area contributed by atoms with Crippen LogP contribution in [0.1, 0.15) is 11.3 Å². The van der Waals surface area contributed by atoms with Gasteiger partial charge in [0.2, 0.25) is 0 Å². The van der Waals surface area contributed by atoms with Gasteiger partial charge in [0.1, 0.15) is 5.76 Å². The highest BCUT2D eigenvalue weighted by molar-refractivity contribution is 5.89. The van der Waals surface area contributed by atoms with Gasteiger partial charge >= 0.3 is 6.03 Å². The standard InChI is InChI=1S/C13H11N3O2/c14-8-10-3-1-4-11(7-10)16-13(17)15-9-12-5-2-6-18-12/h1-7H,9H2,(H2,15,16,17). The third-order valence-corrected chi connectivity index (χ3v) is 2.25. The van der Waals surface area contributed by atoms with Gasteiger partial charge in [0.25, 0.3) is 0 Å². The molecule has 2 amide bonds. The molecule has 5 nitrogen and oxygen atoms in total. The summed E-state index contributed by atoms with van der Waals surface area (Å²) in [5, 5.41) is 14.0. The van der Waals surface area contributed by atoms with Crippen LogP contribution in [-0.4, -0.2) is 6.03 Å². The number of benzene rings is 1. The third-order valence-electron chi connectivity index (χ3n) is 2.25. The summed E-state index contributed by atoms with van der Waals surface area (Å²) in [7, 11) is 0. The number of furan rings is 1. The van der Waals surface area contributed by atoms with Crippen molar-refractivity contribution in [2.45, 2.75) is 6.54 Å². The molecule has 0 saturated carbocycles. The minimum Gasteiger partial charge on any atom is -0.467 e. The number of carbonyl (C=O) groups excluding carboxylic acids is 1. The second kappa shape index (κ2) is 5.55. The SMILES string of the molecule is N#Cc1cccc(NC(=O)NCc2ccco2)c1. The van der Waals surface area contributed by atoms with E-state index in [4.69, 9.17) is 9.68 Å². The maximum Gasteiger partial charge on any atom is 0.319 e. The lowest BCUT2D eigenvalue weighted by molar-refractivity contribution is 0.251. The number of carbonyl (C=O) groups is 1. The number of rotatable bonds is 3. The Bertz CT molecular complexity index is 570. The monoisotopic (exact) mass is 241 g/mol. The van der Waals surface area contributed by atoms with Gasteiger partial charge in [0.15, 0.2) is 0 Å².